The van der Waals surface area contributed by atoms with Crippen molar-refractivity contribution >= 4 is 28.3 Å². The smallest absolute Gasteiger partial charge is 0.140 e. The van der Waals surface area contributed by atoms with Gasteiger partial charge in [0.05, 0.1) is 28.3 Å². The molecule has 0 radical (unpaired) electrons. The van der Waals surface area contributed by atoms with E-state index >= 15 is 0 Å². The maximum Gasteiger partial charge on any atom is 0.140 e. The van der Waals surface area contributed by atoms with Crippen molar-refractivity contribution in [1.29, 1.82) is 0 Å². The molecule has 0 atom stereocenters. The first-order valence-electron chi connectivity index (χ1n) is 8.28. The molecule has 0 bridgehead atoms. The lowest BCUT2D eigenvalue weighted by molar-refractivity contribution is 0.627. The fraction of sp³-hybridized carbons (Fsp3) is 0.158. The number of rotatable bonds is 4. The fourth-order valence-corrected chi connectivity index (χ4v) is 3.32. The van der Waals surface area contributed by atoms with Crippen molar-refractivity contribution in [2.75, 3.05) is 5.73 Å². The van der Waals surface area contributed by atoms with Crippen molar-refractivity contribution in [1.82, 2.24) is 19.1 Å². The number of halogens is 2. The van der Waals surface area contributed by atoms with Crippen LogP contribution < -0.4 is 5.73 Å². The van der Waals surface area contributed by atoms with Crippen LogP contribution >= 0.6 is 11.6 Å². The van der Waals surface area contributed by atoms with Crippen LogP contribution in [0.1, 0.15) is 12.7 Å². The molecule has 0 saturated heterocycles. The van der Waals surface area contributed by atoms with Crippen LogP contribution in [0.25, 0.3) is 22.4 Å². The summed E-state index contributed by atoms with van der Waals surface area (Å²) in [4.78, 5) is 9.09. The van der Waals surface area contributed by atoms with Crippen LogP contribution in [0.5, 0.6) is 0 Å². The summed E-state index contributed by atoms with van der Waals surface area (Å²) in [6.07, 6.45) is 3.56. The molecular formula is C19H17ClFN5. The molecule has 0 aliphatic rings. The lowest BCUT2D eigenvalue weighted by Crippen LogP contribution is -2.08. The number of aryl methyl sites for hydroxylation is 1. The molecule has 7 heteroatoms. The minimum Gasteiger partial charge on any atom is -0.397 e. The fourth-order valence-electron chi connectivity index (χ4n) is 3.16. The summed E-state index contributed by atoms with van der Waals surface area (Å²) < 4.78 is 17.6. The second-order valence-corrected chi connectivity index (χ2v) is 6.43. The van der Waals surface area contributed by atoms with Gasteiger partial charge in [-0.1, -0.05) is 23.7 Å². The first-order valence-corrected chi connectivity index (χ1v) is 8.66. The molecule has 0 aliphatic carbocycles. The summed E-state index contributed by atoms with van der Waals surface area (Å²) in [6, 6.07) is 10.0. The van der Waals surface area contributed by atoms with Crippen molar-refractivity contribution in [3.63, 3.8) is 0 Å². The summed E-state index contributed by atoms with van der Waals surface area (Å²) in [5.74, 6) is 1.26. The summed E-state index contributed by atoms with van der Waals surface area (Å²) in [7, 11) is 0. The number of hydrogen-bond acceptors (Lipinski definition) is 3. The Kier molecular flexibility index (Phi) is 4.12. The van der Waals surface area contributed by atoms with Gasteiger partial charge >= 0.3 is 0 Å². The molecule has 2 aromatic heterocycles. The molecule has 4 aromatic rings. The van der Waals surface area contributed by atoms with Gasteiger partial charge in [-0.25, -0.2) is 14.4 Å². The normalized spacial score (nSPS) is 11.3. The zero-order valence-corrected chi connectivity index (χ0v) is 14.9. The summed E-state index contributed by atoms with van der Waals surface area (Å²) in [5, 5.41) is 0.515. The molecule has 0 unspecified atom stereocenters. The molecule has 0 saturated carbocycles. The lowest BCUT2D eigenvalue weighted by Gasteiger charge is -2.10. The molecule has 4 rings (SSSR count). The molecule has 26 heavy (non-hydrogen) atoms. The summed E-state index contributed by atoms with van der Waals surface area (Å²) in [6.45, 7) is 3.30. The minimum absolute atomic E-state index is 0.289. The average Bonchev–Trinajstić information content (AvgIpc) is 3.20. The quantitative estimate of drug-likeness (QED) is 0.544. The molecule has 2 N–H and O–H groups in total. The molecule has 5 nitrogen and oxygen atoms in total. The predicted molar refractivity (Wildman–Crippen MR) is 102 cm³/mol. The number of anilines is 1. The third kappa shape index (κ3) is 2.82. The van der Waals surface area contributed by atoms with Gasteiger partial charge in [0.2, 0.25) is 0 Å². The van der Waals surface area contributed by atoms with Gasteiger partial charge in [-0.3, -0.25) is 0 Å². The van der Waals surface area contributed by atoms with Gasteiger partial charge in [0.15, 0.2) is 0 Å². The van der Waals surface area contributed by atoms with E-state index in [-0.39, 0.29) is 5.82 Å². The Labute approximate surface area is 154 Å². The highest BCUT2D eigenvalue weighted by Crippen LogP contribution is 2.27. The molecule has 0 amide bonds. The van der Waals surface area contributed by atoms with E-state index in [9.17, 15) is 4.39 Å². The molecule has 0 spiro atoms. The van der Waals surface area contributed by atoms with Crippen molar-refractivity contribution in [2.24, 2.45) is 0 Å². The highest BCUT2D eigenvalue weighted by atomic mass is 35.5. The zero-order chi connectivity index (χ0) is 18.3. The van der Waals surface area contributed by atoms with Crippen LogP contribution in [0.4, 0.5) is 10.1 Å². The molecule has 0 aliphatic heterocycles. The van der Waals surface area contributed by atoms with E-state index in [0.717, 1.165) is 29.0 Å². The van der Waals surface area contributed by atoms with Crippen LogP contribution in [-0.4, -0.2) is 19.1 Å². The first-order chi connectivity index (χ1) is 12.6. The van der Waals surface area contributed by atoms with E-state index in [0.29, 0.717) is 23.1 Å². The van der Waals surface area contributed by atoms with Gasteiger partial charge in [0, 0.05) is 24.5 Å². The van der Waals surface area contributed by atoms with Gasteiger partial charge in [0.1, 0.15) is 17.5 Å². The van der Waals surface area contributed by atoms with Gasteiger partial charge in [-0.15, -0.1) is 0 Å². The Hall–Kier alpha value is -2.86. The Morgan fingerprint density at radius 2 is 2.08 bits per heavy atom. The van der Waals surface area contributed by atoms with Gasteiger partial charge < -0.3 is 14.9 Å². The van der Waals surface area contributed by atoms with Crippen molar-refractivity contribution < 1.29 is 4.39 Å². The number of hydrogen-bond donors (Lipinski definition) is 1. The molecule has 2 heterocycles. The van der Waals surface area contributed by atoms with E-state index in [4.69, 9.17) is 22.3 Å². The first kappa shape index (κ1) is 16.6. The largest absolute Gasteiger partial charge is 0.397 e. The monoisotopic (exact) mass is 369 g/mol. The van der Waals surface area contributed by atoms with E-state index in [1.165, 1.54) is 12.1 Å². The molecular weight excluding hydrogens is 353 g/mol. The SMILES string of the molecule is CCn1c(Cn2ccnc2-c2cccc(F)c2)nc2cc(N)c(Cl)cc21. The molecule has 2 aromatic carbocycles. The third-order valence-corrected chi connectivity index (χ3v) is 4.70. The van der Waals surface area contributed by atoms with Crippen molar-refractivity contribution in [3.05, 3.63) is 65.5 Å². The van der Waals surface area contributed by atoms with Crippen molar-refractivity contribution in [2.45, 2.75) is 20.0 Å². The molecule has 132 valence electrons. The Balaban J connectivity index is 1.78. The predicted octanol–water partition coefficient (Wildman–Crippen LogP) is 4.34. The second-order valence-electron chi connectivity index (χ2n) is 6.02. The van der Waals surface area contributed by atoms with Gasteiger partial charge in [0.25, 0.3) is 0 Å². The van der Waals surface area contributed by atoms with E-state index in [2.05, 4.69) is 16.5 Å². The minimum atomic E-state index is -0.289. The molecule has 0 fully saturated rings. The van der Waals surface area contributed by atoms with Gasteiger partial charge in [-0.2, -0.15) is 0 Å². The Bertz CT molecular complexity index is 1100. The summed E-state index contributed by atoms with van der Waals surface area (Å²) >= 11 is 6.17. The second kappa shape index (κ2) is 6.46. The lowest BCUT2D eigenvalue weighted by atomic mass is 10.2. The number of nitrogens with two attached hydrogens (primary N) is 1. The van der Waals surface area contributed by atoms with Crippen LogP contribution in [0, 0.1) is 5.82 Å². The highest BCUT2D eigenvalue weighted by Gasteiger charge is 2.14. The Morgan fingerprint density at radius 1 is 1.23 bits per heavy atom. The summed E-state index contributed by atoms with van der Waals surface area (Å²) in [5.41, 5.74) is 8.88. The van der Waals surface area contributed by atoms with Crippen LogP contribution in [0.3, 0.4) is 0 Å². The zero-order valence-electron chi connectivity index (χ0n) is 14.2. The van der Waals surface area contributed by atoms with E-state index < -0.39 is 0 Å². The number of fused-ring (bicyclic) bond motifs is 1. The maximum absolute atomic E-state index is 13.6. The van der Waals surface area contributed by atoms with E-state index in [1.54, 1.807) is 18.3 Å². The van der Waals surface area contributed by atoms with Crippen LogP contribution in [-0.2, 0) is 13.1 Å². The number of imidazole rings is 2. The van der Waals surface area contributed by atoms with Crippen molar-refractivity contribution in [3.8, 4) is 11.4 Å². The third-order valence-electron chi connectivity index (χ3n) is 4.37. The number of aromatic nitrogens is 4. The number of benzene rings is 2. The number of nitrogens with zero attached hydrogens (tertiary/aromatic N) is 4. The highest BCUT2D eigenvalue weighted by molar-refractivity contribution is 6.33. The standard InChI is InChI=1S/C19H17ClFN5/c1-2-26-17-9-14(20)15(22)10-16(17)24-18(26)11-25-7-6-23-19(25)12-4-3-5-13(21)8-12/h3-10H,2,11,22H2,1H3. The van der Waals surface area contributed by atoms with Gasteiger partial charge in [-0.05, 0) is 31.2 Å². The van der Waals surface area contributed by atoms with Crippen LogP contribution in [0.15, 0.2) is 48.8 Å². The Morgan fingerprint density at radius 3 is 2.85 bits per heavy atom. The average molecular weight is 370 g/mol. The van der Waals surface area contributed by atoms with Crippen LogP contribution in [0.2, 0.25) is 5.02 Å². The maximum atomic E-state index is 13.6. The topological polar surface area (TPSA) is 61.7 Å². The number of nitrogen functional groups attached to an aromatic ring is 1. The van der Waals surface area contributed by atoms with E-state index in [1.807, 2.05) is 22.9 Å².